The molecule has 0 atom stereocenters. The first-order valence-corrected chi connectivity index (χ1v) is 5.59. The van der Waals surface area contributed by atoms with E-state index in [1.807, 2.05) is 0 Å². The number of para-hydroxylation sites is 1. The predicted molar refractivity (Wildman–Crippen MR) is 57.8 cm³/mol. The van der Waals surface area contributed by atoms with Crippen molar-refractivity contribution in [2.45, 2.75) is 24.9 Å². The summed E-state index contributed by atoms with van der Waals surface area (Å²) >= 11 is 0. The Morgan fingerprint density at radius 2 is 1.56 bits per heavy atom. The van der Waals surface area contributed by atoms with Gasteiger partial charge in [0, 0.05) is 31.6 Å². The minimum atomic E-state index is -4.46. The van der Waals surface area contributed by atoms with Gasteiger partial charge >= 0.3 is 6.18 Å². The van der Waals surface area contributed by atoms with E-state index in [1.54, 1.807) is 0 Å². The molecule has 1 fully saturated rings. The number of alkyl halides is 5. The molecule has 0 spiro atoms. The Kier molecular flexibility index (Phi) is 3.21. The van der Waals surface area contributed by atoms with Gasteiger partial charge in [-0.05, 0) is 12.1 Å². The monoisotopic (exact) mass is 265 g/mol. The topological polar surface area (TPSA) is 3.24 Å². The quantitative estimate of drug-likeness (QED) is 0.695. The van der Waals surface area contributed by atoms with Crippen LogP contribution in [0.4, 0.5) is 27.6 Å². The van der Waals surface area contributed by atoms with Crippen molar-refractivity contribution in [1.29, 1.82) is 0 Å². The Balaban J connectivity index is 2.25. The number of anilines is 1. The highest BCUT2D eigenvalue weighted by Crippen LogP contribution is 2.38. The van der Waals surface area contributed by atoms with Gasteiger partial charge in [0.2, 0.25) is 0 Å². The Bertz CT molecular complexity index is 417. The fourth-order valence-corrected chi connectivity index (χ4v) is 2.06. The molecular weight excluding hydrogens is 253 g/mol. The molecule has 6 heteroatoms. The van der Waals surface area contributed by atoms with Crippen LogP contribution >= 0.6 is 0 Å². The normalized spacial score (nSPS) is 19.9. The van der Waals surface area contributed by atoms with Gasteiger partial charge < -0.3 is 4.90 Å². The standard InChI is InChI=1S/C12H12F5N/c13-11(14)5-7-18(8-6-11)10-4-2-1-3-9(10)12(15,16)17/h1-4H,5-8H2. The van der Waals surface area contributed by atoms with E-state index in [1.165, 1.54) is 23.1 Å². The minimum Gasteiger partial charge on any atom is -0.371 e. The summed E-state index contributed by atoms with van der Waals surface area (Å²) in [7, 11) is 0. The van der Waals surface area contributed by atoms with Crippen molar-refractivity contribution < 1.29 is 22.0 Å². The van der Waals surface area contributed by atoms with Crippen molar-refractivity contribution in [3.05, 3.63) is 29.8 Å². The summed E-state index contributed by atoms with van der Waals surface area (Å²) in [6.45, 7) is -0.111. The number of piperidine rings is 1. The van der Waals surface area contributed by atoms with Crippen LogP contribution in [0.2, 0.25) is 0 Å². The van der Waals surface area contributed by atoms with Gasteiger partial charge in [-0.1, -0.05) is 12.1 Å². The number of hydrogen-bond acceptors (Lipinski definition) is 1. The van der Waals surface area contributed by atoms with E-state index in [4.69, 9.17) is 0 Å². The maximum atomic E-state index is 13.0. The largest absolute Gasteiger partial charge is 0.418 e. The van der Waals surface area contributed by atoms with Crippen LogP contribution in [0.25, 0.3) is 0 Å². The Labute approximate surface area is 101 Å². The van der Waals surface area contributed by atoms with Gasteiger partial charge in [-0.15, -0.1) is 0 Å². The van der Waals surface area contributed by atoms with Crippen molar-refractivity contribution in [1.82, 2.24) is 0 Å². The molecule has 1 aromatic carbocycles. The zero-order chi connectivity index (χ0) is 13.4. The van der Waals surface area contributed by atoms with E-state index >= 15 is 0 Å². The fourth-order valence-electron chi connectivity index (χ4n) is 2.06. The van der Waals surface area contributed by atoms with Crippen LogP contribution in [-0.2, 0) is 6.18 Å². The first kappa shape index (κ1) is 13.1. The average Bonchev–Trinajstić information content (AvgIpc) is 2.28. The van der Waals surface area contributed by atoms with Crippen molar-refractivity contribution in [3.63, 3.8) is 0 Å². The Morgan fingerprint density at radius 1 is 1.00 bits per heavy atom. The van der Waals surface area contributed by atoms with Gasteiger partial charge in [-0.25, -0.2) is 8.78 Å². The highest BCUT2D eigenvalue weighted by atomic mass is 19.4. The summed E-state index contributed by atoms with van der Waals surface area (Å²) in [4.78, 5) is 1.38. The molecule has 1 heterocycles. The molecule has 100 valence electrons. The van der Waals surface area contributed by atoms with E-state index in [0.29, 0.717) is 0 Å². The first-order chi connectivity index (χ1) is 8.30. The summed E-state index contributed by atoms with van der Waals surface area (Å²) in [5.41, 5.74) is -0.782. The van der Waals surface area contributed by atoms with Gasteiger partial charge in [0.1, 0.15) is 0 Å². The maximum Gasteiger partial charge on any atom is 0.418 e. The molecule has 0 radical (unpaired) electrons. The van der Waals surface area contributed by atoms with Crippen LogP contribution in [0, 0.1) is 0 Å². The third kappa shape index (κ3) is 2.73. The lowest BCUT2D eigenvalue weighted by atomic mass is 10.0. The second-order valence-corrected chi connectivity index (χ2v) is 4.36. The van der Waals surface area contributed by atoms with Gasteiger partial charge in [0.05, 0.1) is 5.56 Å². The number of hydrogen-bond donors (Lipinski definition) is 0. The third-order valence-corrected chi connectivity index (χ3v) is 3.05. The number of benzene rings is 1. The molecular formula is C12H12F5N. The fraction of sp³-hybridized carbons (Fsp3) is 0.500. The van der Waals surface area contributed by atoms with Crippen LogP contribution < -0.4 is 4.90 Å². The highest BCUT2D eigenvalue weighted by Gasteiger charge is 2.38. The molecule has 18 heavy (non-hydrogen) atoms. The van der Waals surface area contributed by atoms with Gasteiger partial charge in [0.15, 0.2) is 0 Å². The zero-order valence-corrected chi connectivity index (χ0v) is 9.47. The second kappa shape index (κ2) is 4.40. The highest BCUT2D eigenvalue weighted by molar-refractivity contribution is 5.55. The molecule has 1 saturated heterocycles. The number of halogens is 5. The summed E-state index contributed by atoms with van der Waals surface area (Å²) in [5, 5.41) is 0. The summed E-state index contributed by atoms with van der Waals surface area (Å²) in [6, 6.07) is 5.08. The lowest BCUT2D eigenvalue weighted by Crippen LogP contribution is -2.40. The van der Waals surface area contributed by atoms with Gasteiger partial charge in [-0.2, -0.15) is 13.2 Å². The van der Waals surface area contributed by atoms with Crippen molar-refractivity contribution >= 4 is 5.69 Å². The molecule has 1 aliphatic rings. The van der Waals surface area contributed by atoms with E-state index in [9.17, 15) is 22.0 Å². The molecule has 0 amide bonds. The molecule has 0 bridgehead atoms. The molecule has 1 nitrogen and oxygen atoms in total. The van der Waals surface area contributed by atoms with E-state index in [0.717, 1.165) is 6.07 Å². The van der Waals surface area contributed by atoms with Crippen LogP contribution in [0.1, 0.15) is 18.4 Å². The molecule has 0 saturated carbocycles. The van der Waals surface area contributed by atoms with E-state index in [2.05, 4.69) is 0 Å². The summed E-state index contributed by atoms with van der Waals surface area (Å²) in [6.07, 6.45) is -5.27. The maximum absolute atomic E-state index is 13.0. The SMILES string of the molecule is FC1(F)CCN(c2ccccc2C(F)(F)F)CC1. The first-order valence-electron chi connectivity index (χ1n) is 5.59. The van der Waals surface area contributed by atoms with Gasteiger partial charge in [0.25, 0.3) is 5.92 Å². The van der Waals surface area contributed by atoms with Crippen molar-refractivity contribution in [2.75, 3.05) is 18.0 Å². The van der Waals surface area contributed by atoms with Crippen LogP contribution in [0.5, 0.6) is 0 Å². The minimum absolute atomic E-state index is 0.0134. The molecule has 1 aromatic rings. The van der Waals surface area contributed by atoms with E-state index in [-0.39, 0.29) is 18.8 Å². The summed E-state index contributed by atoms with van der Waals surface area (Å²) < 4.78 is 64.3. The number of rotatable bonds is 1. The van der Waals surface area contributed by atoms with Crippen molar-refractivity contribution in [3.8, 4) is 0 Å². The van der Waals surface area contributed by atoms with Crippen LogP contribution in [0.3, 0.4) is 0 Å². The number of nitrogens with zero attached hydrogens (tertiary/aromatic N) is 1. The second-order valence-electron chi connectivity index (χ2n) is 4.36. The molecule has 0 aliphatic carbocycles. The molecule has 0 N–H and O–H groups in total. The summed E-state index contributed by atoms with van der Waals surface area (Å²) in [5.74, 6) is -2.76. The van der Waals surface area contributed by atoms with Gasteiger partial charge in [-0.3, -0.25) is 0 Å². The lowest BCUT2D eigenvalue weighted by molar-refractivity contribution is -0.137. The smallest absolute Gasteiger partial charge is 0.371 e. The Hall–Kier alpha value is -1.33. The van der Waals surface area contributed by atoms with Crippen LogP contribution in [0.15, 0.2) is 24.3 Å². The zero-order valence-electron chi connectivity index (χ0n) is 9.47. The Morgan fingerprint density at radius 3 is 2.11 bits per heavy atom. The van der Waals surface area contributed by atoms with E-state index < -0.39 is 30.5 Å². The molecule has 0 unspecified atom stereocenters. The van der Waals surface area contributed by atoms with Crippen LogP contribution in [-0.4, -0.2) is 19.0 Å². The van der Waals surface area contributed by atoms with Crippen molar-refractivity contribution in [2.24, 2.45) is 0 Å². The predicted octanol–water partition coefficient (Wildman–Crippen LogP) is 3.94. The third-order valence-electron chi connectivity index (χ3n) is 3.05. The molecule has 2 rings (SSSR count). The molecule has 1 aliphatic heterocycles. The lowest BCUT2D eigenvalue weighted by Gasteiger charge is -2.34. The average molecular weight is 265 g/mol. The molecule has 0 aromatic heterocycles.